The molecule has 0 fully saturated rings. The van der Waals surface area contributed by atoms with Gasteiger partial charge in [-0.25, -0.2) is 4.68 Å². The lowest BCUT2D eigenvalue weighted by Gasteiger charge is -1.95. The molecule has 0 bridgehead atoms. The molecule has 108 valence electrons. The Labute approximate surface area is 130 Å². The highest BCUT2D eigenvalue weighted by Crippen LogP contribution is 2.25. The Morgan fingerprint density at radius 3 is 2.86 bits per heavy atom. The number of halogens is 1. The first-order valence-electron chi connectivity index (χ1n) is 6.60. The van der Waals surface area contributed by atoms with Crippen molar-refractivity contribution < 1.29 is 4.52 Å². The fourth-order valence-corrected chi connectivity index (χ4v) is 2.45. The molecule has 0 aliphatic carbocycles. The van der Waals surface area contributed by atoms with E-state index < -0.39 is 0 Å². The fourth-order valence-electron chi connectivity index (χ4n) is 2.26. The van der Waals surface area contributed by atoms with Crippen LogP contribution < -0.4 is 0 Å². The highest BCUT2D eigenvalue weighted by molar-refractivity contribution is 6.30. The average molecular weight is 312 g/mol. The third kappa shape index (κ3) is 2.14. The second kappa shape index (κ2) is 4.92. The summed E-state index contributed by atoms with van der Waals surface area (Å²) in [7, 11) is 1.85. The molecule has 2 heterocycles. The monoisotopic (exact) mass is 311 g/mol. The Kier molecular flexibility index (Phi) is 2.90. The standard InChI is InChI=1S/C15H10ClN5O/c1-21-13-6-5-9(8-12(13)18-20-21)14-17-15(22-19-14)10-3-2-4-11(16)7-10/h2-8H,1H3. The summed E-state index contributed by atoms with van der Waals surface area (Å²) in [5.74, 6) is 0.930. The molecule has 0 saturated heterocycles. The van der Waals surface area contributed by atoms with Crippen LogP contribution in [0, 0.1) is 0 Å². The highest BCUT2D eigenvalue weighted by Gasteiger charge is 2.12. The largest absolute Gasteiger partial charge is 0.334 e. The molecule has 22 heavy (non-hydrogen) atoms. The Bertz CT molecular complexity index is 975. The number of fused-ring (bicyclic) bond motifs is 1. The van der Waals surface area contributed by atoms with E-state index in [0.717, 1.165) is 22.2 Å². The van der Waals surface area contributed by atoms with E-state index in [1.807, 2.05) is 37.4 Å². The van der Waals surface area contributed by atoms with Crippen molar-refractivity contribution in [2.45, 2.75) is 0 Å². The number of aryl methyl sites for hydroxylation is 1. The number of hydrogen-bond acceptors (Lipinski definition) is 5. The first-order chi connectivity index (χ1) is 10.7. The maximum absolute atomic E-state index is 5.98. The van der Waals surface area contributed by atoms with Gasteiger partial charge in [-0.15, -0.1) is 5.10 Å². The first-order valence-corrected chi connectivity index (χ1v) is 6.98. The Morgan fingerprint density at radius 1 is 1.09 bits per heavy atom. The molecule has 4 aromatic rings. The van der Waals surface area contributed by atoms with E-state index in [1.165, 1.54) is 0 Å². The zero-order chi connectivity index (χ0) is 15.1. The molecular weight excluding hydrogens is 302 g/mol. The molecule has 2 aromatic heterocycles. The molecular formula is C15H10ClN5O. The van der Waals surface area contributed by atoms with E-state index >= 15 is 0 Å². The van der Waals surface area contributed by atoms with Crippen molar-refractivity contribution >= 4 is 22.6 Å². The van der Waals surface area contributed by atoms with Crippen LogP contribution in [-0.2, 0) is 7.05 Å². The van der Waals surface area contributed by atoms with Crippen molar-refractivity contribution in [2.24, 2.45) is 7.05 Å². The molecule has 6 nitrogen and oxygen atoms in total. The van der Waals surface area contributed by atoms with E-state index in [1.54, 1.807) is 16.8 Å². The summed E-state index contributed by atoms with van der Waals surface area (Å²) in [6.07, 6.45) is 0. The number of aromatic nitrogens is 5. The smallest absolute Gasteiger partial charge is 0.258 e. The van der Waals surface area contributed by atoms with Crippen molar-refractivity contribution in [3.05, 3.63) is 47.5 Å². The van der Waals surface area contributed by atoms with Crippen LogP contribution in [0.2, 0.25) is 5.02 Å². The average Bonchev–Trinajstić information content (AvgIpc) is 3.15. The van der Waals surface area contributed by atoms with Gasteiger partial charge in [0.25, 0.3) is 5.89 Å². The van der Waals surface area contributed by atoms with E-state index in [4.69, 9.17) is 16.1 Å². The predicted molar refractivity (Wildman–Crippen MR) is 82.2 cm³/mol. The van der Waals surface area contributed by atoms with Gasteiger partial charge in [0.1, 0.15) is 5.52 Å². The maximum Gasteiger partial charge on any atom is 0.258 e. The van der Waals surface area contributed by atoms with Gasteiger partial charge in [0.15, 0.2) is 0 Å². The number of nitrogens with zero attached hydrogens (tertiary/aromatic N) is 5. The second-order valence-electron chi connectivity index (χ2n) is 4.85. The number of hydrogen-bond donors (Lipinski definition) is 0. The van der Waals surface area contributed by atoms with Gasteiger partial charge in [-0.2, -0.15) is 4.98 Å². The minimum absolute atomic E-state index is 0.428. The van der Waals surface area contributed by atoms with Crippen molar-refractivity contribution in [3.63, 3.8) is 0 Å². The molecule has 2 aromatic carbocycles. The predicted octanol–water partition coefficient (Wildman–Crippen LogP) is 3.34. The zero-order valence-electron chi connectivity index (χ0n) is 11.6. The minimum Gasteiger partial charge on any atom is -0.334 e. The van der Waals surface area contributed by atoms with Crippen molar-refractivity contribution in [1.82, 2.24) is 25.1 Å². The van der Waals surface area contributed by atoms with Crippen LogP contribution in [0.1, 0.15) is 0 Å². The van der Waals surface area contributed by atoms with Crippen molar-refractivity contribution in [3.8, 4) is 22.8 Å². The Hall–Kier alpha value is -2.73. The molecule has 0 radical (unpaired) electrons. The summed E-state index contributed by atoms with van der Waals surface area (Å²) in [6, 6.07) is 13.0. The van der Waals surface area contributed by atoms with Crippen molar-refractivity contribution in [1.29, 1.82) is 0 Å². The maximum atomic E-state index is 5.98. The summed E-state index contributed by atoms with van der Waals surface area (Å²) in [4.78, 5) is 4.41. The molecule has 0 saturated carbocycles. The van der Waals surface area contributed by atoms with Crippen LogP contribution in [0.3, 0.4) is 0 Å². The molecule has 0 unspecified atom stereocenters. The van der Waals surface area contributed by atoms with Gasteiger partial charge in [0.05, 0.1) is 5.52 Å². The second-order valence-corrected chi connectivity index (χ2v) is 5.29. The van der Waals surface area contributed by atoms with Crippen LogP contribution >= 0.6 is 11.6 Å². The van der Waals surface area contributed by atoms with Gasteiger partial charge in [-0.05, 0) is 36.4 Å². The van der Waals surface area contributed by atoms with Crippen LogP contribution in [0.5, 0.6) is 0 Å². The van der Waals surface area contributed by atoms with Gasteiger partial charge in [0.2, 0.25) is 5.82 Å². The lowest BCUT2D eigenvalue weighted by Crippen LogP contribution is -1.89. The van der Waals surface area contributed by atoms with Crippen LogP contribution in [0.15, 0.2) is 47.0 Å². The first kappa shape index (κ1) is 13.0. The quantitative estimate of drug-likeness (QED) is 0.568. The normalized spacial score (nSPS) is 11.2. The molecule has 0 N–H and O–H groups in total. The third-order valence-corrected chi connectivity index (χ3v) is 3.60. The van der Waals surface area contributed by atoms with E-state index in [0.29, 0.717) is 16.7 Å². The molecule has 0 spiro atoms. The van der Waals surface area contributed by atoms with E-state index in [9.17, 15) is 0 Å². The summed E-state index contributed by atoms with van der Waals surface area (Å²) in [5, 5.41) is 12.7. The van der Waals surface area contributed by atoms with Crippen molar-refractivity contribution in [2.75, 3.05) is 0 Å². The number of benzene rings is 2. The summed E-state index contributed by atoms with van der Waals surface area (Å²) in [6.45, 7) is 0. The van der Waals surface area contributed by atoms with Gasteiger partial charge >= 0.3 is 0 Å². The number of rotatable bonds is 2. The lowest BCUT2D eigenvalue weighted by atomic mass is 10.2. The lowest BCUT2D eigenvalue weighted by molar-refractivity contribution is 0.432. The molecule has 0 aliphatic rings. The topological polar surface area (TPSA) is 69.6 Å². The van der Waals surface area contributed by atoms with Gasteiger partial charge < -0.3 is 4.52 Å². The summed E-state index contributed by atoms with van der Waals surface area (Å²) in [5.41, 5.74) is 3.34. The molecule has 0 amide bonds. The summed E-state index contributed by atoms with van der Waals surface area (Å²) >= 11 is 5.98. The minimum atomic E-state index is 0.428. The van der Waals surface area contributed by atoms with Gasteiger partial charge in [0, 0.05) is 23.2 Å². The molecule has 7 heteroatoms. The SMILES string of the molecule is Cn1nnc2cc(-c3noc(-c4cccc(Cl)c4)n3)ccc21. The summed E-state index contributed by atoms with van der Waals surface area (Å²) < 4.78 is 7.03. The molecule has 0 aliphatic heterocycles. The zero-order valence-corrected chi connectivity index (χ0v) is 12.3. The van der Waals surface area contributed by atoms with Gasteiger partial charge in [-0.1, -0.05) is 28.0 Å². The molecule has 4 rings (SSSR count). The van der Waals surface area contributed by atoms with E-state index in [-0.39, 0.29) is 0 Å². The fraction of sp³-hybridized carbons (Fsp3) is 0.0667. The van der Waals surface area contributed by atoms with Gasteiger partial charge in [-0.3, -0.25) is 0 Å². The van der Waals surface area contributed by atoms with Crippen LogP contribution in [-0.4, -0.2) is 25.1 Å². The molecule has 0 atom stereocenters. The van der Waals surface area contributed by atoms with Crippen LogP contribution in [0.4, 0.5) is 0 Å². The highest BCUT2D eigenvalue weighted by atomic mass is 35.5. The Balaban J connectivity index is 1.76. The van der Waals surface area contributed by atoms with Crippen LogP contribution in [0.25, 0.3) is 33.9 Å². The third-order valence-electron chi connectivity index (χ3n) is 3.37. The van der Waals surface area contributed by atoms with E-state index in [2.05, 4.69) is 20.5 Å². The Morgan fingerprint density at radius 2 is 2.00 bits per heavy atom.